The Balaban J connectivity index is 1.75. The summed E-state index contributed by atoms with van der Waals surface area (Å²) in [5.41, 5.74) is 5.63. The van der Waals surface area contributed by atoms with Crippen LogP contribution in [0.3, 0.4) is 0 Å². The first-order valence-electron chi connectivity index (χ1n) is 10.2. The number of benzene rings is 3. The zero-order valence-corrected chi connectivity index (χ0v) is 19.1. The van der Waals surface area contributed by atoms with Crippen molar-refractivity contribution in [3.05, 3.63) is 106 Å². The van der Waals surface area contributed by atoms with E-state index in [0.29, 0.717) is 11.8 Å². The lowest BCUT2D eigenvalue weighted by Gasteiger charge is -2.10. The summed E-state index contributed by atoms with van der Waals surface area (Å²) in [6.07, 6.45) is -1.48. The molecule has 0 radical (unpaired) electrons. The number of nitrogens with zero attached hydrogens (tertiary/aromatic N) is 1. The van der Waals surface area contributed by atoms with Crippen LogP contribution in [0.25, 0.3) is 0 Å². The quantitative estimate of drug-likeness (QED) is 0.217. The number of hydrogen-bond donors (Lipinski definition) is 3. The van der Waals surface area contributed by atoms with Gasteiger partial charge < -0.3 is 16.4 Å². The molecule has 11 heteroatoms. The summed E-state index contributed by atoms with van der Waals surface area (Å²) < 4.78 is 38.5. The van der Waals surface area contributed by atoms with Gasteiger partial charge in [-0.3, -0.25) is 14.4 Å². The number of amides is 2. The van der Waals surface area contributed by atoms with Crippen LogP contribution in [-0.4, -0.2) is 23.9 Å². The van der Waals surface area contributed by atoms with Gasteiger partial charge in [0, 0.05) is 28.0 Å². The summed E-state index contributed by atoms with van der Waals surface area (Å²) in [6.45, 7) is 0. The topological polar surface area (TPSA) is 114 Å². The van der Waals surface area contributed by atoms with Crippen LogP contribution in [0.4, 0.5) is 24.5 Å². The summed E-state index contributed by atoms with van der Waals surface area (Å²) in [5.74, 6) is -1.65. The molecule has 0 spiro atoms. The van der Waals surface area contributed by atoms with Gasteiger partial charge >= 0.3 is 6.18 Å². The molecule has 36 heavy (non-hydrogen) atoms. The number of carbonyl (C=O) groups excluding carboxylic acids is 3. The molecule has 0 unspecified atom stereocenters. The van der Waals surface area contributed by atoms with Crippen LogP contribution in [-0.2, 0) is 6.18 Å². The molecule has 2 amide bonds. The van der Waals surface area contributed by atoms with Crippen molar-refractivity contribution in [2.24, 2.45) is 10.7 Å². The second-order valence-corrected chi connectivity index (χ2v) is 7.72. The molecule has 3 aromatic carbocycles. The summed E-state index contributed by atoms with van der Waals surface area (Å²) in [7, 11) is 0. The first-order chi connectivity index (χ1) is 17.1. The number of hydrogen-bond acceptors (Lipinski definition) is 4. The van der Waals surface area contributed by atoms with Crippen molar-refractivity contribution in [3.63, 3.8) is 0 Å². The molecule has 0 fully saturated rings. The van der Waals surface area contributed by atoms with Crippen LogP contribution < -0.4 is 16.4 Å². The highest BCUT2D eigenvalue weighted by Crippen LogP contribution is 2.30. The number of nitrogens with two attached hydrogens (primary N) is 1. The highest BCUT2D eigenvalue weighted by atomic mass is 35.5. The van der Waals surface area contributed by atoms with E-state index in [2.05, 4.69) is 15.6 Å². The van der Waals surface area contributed by atoms with Gasteiger partial charge in [0.05, 0.1) is 16.8 Å². The summed E-state index contributed by atoms with van der Waals surface area (Å²) in [4.78, 5) is 40.0. The number of amidine groups is 1. The average Bonchev–Trinajstić information content (AvgIpc) is 2.84. The Morgan fingerprint density at radius 3 is 2.47 bits per heavy atom. The lowest BCUT2D eigenvalue weighted by Crippen LogP contribution is -2.16. The number of anilines is 2. The molecule has 3 rings (SSSR count). The van der Waals surface area contributed by atoms with E-state index in [9.17, 15) is 27.6 Å². The van der Waals surface area contributed by atoms with Crippen molar-refractivity contribution in [2.75, 3.05) is 10.6 Å². The van der Waals surface area contributed by atoms with Crippen LogP contribution in [0.5, 0.6) is 0 Å². The van der Waals surface area contributed by atoms with E-state index in [0.717, 1.165) is 12.1 Å². The molecule has 0 aliphatic rings. The van der Waals surface area contributed by atoms with Gasteiger partial charge in [-0.1, -0.05) is 29.8 Å². The van der Waals surface area contributed by atoms with Gasteiger partial charge in [-0.15, -0.1) is 0 Å². The van der Waals surface area contributed by atoms with Gasteiger partial charge in [-0.05, 0) is 54.6 Å². The fraction of sp³-hybridized carbons (Fsp3) is 0.0400. The molecule has 0 saturated carbocycles. The molecule has 0 bridgehead atoms. The zero-order chi connectivity index (χ0) is 26.3. The van der Waals surface area contributed by atoms with Gasteiger partial charge in [-0.2, -0.15) is 18.2 Å². The third-order valence-corrected chi connectivity index (χ3v) is 4.90. The van der Waals surface area contributed by atoms with Crippen molar-refractivity contribution >= 4 is 46.9 Å². The van der Waals surface area contributed by atoms with Crippen LogP contribution in [0.15, 0.2) is 84.0 Å². The van der Waals surface area contributed by atoms with E-state index in [4.69, 9.17) is 17.3 Å². The summed E-state index contributed by atoms with van der Waals surface area (Å²) in [6, 6.07) is 14.6. The monoisotopic (exact) mass is 514 g/mol. The third kappa shape index (κ3) is 7.03. The van der Waals surface area contributed by atoms with E-state index in [-0.39, 0.29) is 33.4 Å². The number of aldehydes is 1. The Bertz CT molecular complexity index is 1370. The molecule has 4 N–H and O–H groups in total. The predicted octanol–water partition coefficient (Wildman–Crippen LogP) is 5.55. The van der Waals surface area contributed by atoms with Gasteiger partial charge in [0.2, 0.25) is 0 Å². The molecule has 3 aromatic rings. The van der Waals surface area contributed by atoms with E-state index < -0.39 is 23.6 Å². The second kappa shape index (κ2) is 11.3. The number of halogens is 4. The first kappa shape index (κ1) is 26.2. The van der Waals surface area contributed by atoms with Crippen LogP contribution in [0.2, 0.25) is 5.02 Å². The number of rotatable bonds is 7. The smallest absolute Gasteiger partial charge is 0.384 e. The predicted molar refractivity (Wildman–Crippen MR) is 131 cm³/mol. The molecule has 184 valence electrons. The van der Waals surface area contributed by atoms with Crippen molar-refractivity contribution in [3.8, 4) is 0 Å². The zero-order valence-electron chi connectivity index (χ0n) is 18.3. The third-order valence-electron chi connectivity index (χ3n) is 4.67. The van der Waals surface area contributed by atoms with E-state index in [1.54, 1.807) is 0 Å². The normalized spacial score (nSPS) is 11.8. The van der Waals surface area contributed by atoms with Gasteiger partial charge in [0.1, 0.15) is 12.1 Å². The maximum Gasteiger partial charge on any atom is 0.416 e. The SMILES string of the molecule is NC(/C=C\Nc1cccc(C(F)(F)F)c1)=NC(=O)c1cc(Cl)ccc1NC(=O)c1cccc(C=O)c1. The molecule has 0 heterocycles. The first-order valence-corrected chi connectivity index (χ1v) is 10.6. The average molecular weight is 515 g/mol. The van der Waals surface area contributed by atoms with E-state index in [1.807, 2.05) is 0 Å². The molecule has 7 nitrogen and oxygen atoms in total. The highest BCUT2D eigenvalue weighted by Gasteiger charge is 2.30. The van der Waals surface area contributed by atoms with Crippen LogP contribution >= 0.6 is 11.6 Å². The number of carbonyl (C=O) groups is 3. The molecule has 0 aliphatic carbocycles. The summed E-state index contributed by atoms with van der Waals surface area (Å²) >= 11 is 6.00. The fourth-order valence-electron chi connectivity index (χ4n) is 2.97. The van der Waals surface area contributed by atoms with Gasteiger partial charge in [0.25, 0.3) is 11.8 Å². The van der Waals surface area contributed by atoms with Crippen molar-refractivity contribution in [2.45, 2.75) is 6.18 Å². The van der Waals surface area contributed by atoms with E-state index in [1.165, 1.54) is 66.9 Å². The Hall–Kier alpha value is -4.44. The standard InChI is InChI=1S/C25H18ClF3N4O3/c26-18-7-8-21(32-23(35)16-4-1-3-15(11-16)14-34)20(13-18)24(36)33-22(30)9-10-31-19-6-2-5-17(12-19)25(27,28)29/h1-14,31H,(H,32,35)(H2,30,33,36)/b10-9-. The Morgan fingerprint density at radius 1 is 1.00 bits per heavy atom. The van der Waals surface area contributed by atoms with Gasteiger partial charge in [-0.25, -0.2) is 0 Å². The van der Waals surface area contributed by atoms with Crippen molar-refractivity contribution in [1.82, 2.24) is 0 Å². The lowest BCUT2D eigenvalue weighted by atomic mass is 10.1. The molecule has 0 aromatic heterocycles. The molecular formula is C25H18ClF3N4O3. The lowest BCUT2D eigenvalue weighted by molar-refractivity contribution is -0.137. The number of aliphatic imine (C=N–C) groups is 1. The maximum atomic E-state index is 12.8. The summed E-state index contributed by atoms with van der Waals surface area (Å²) in [5, 5.41) is 5.40. The molecule has 0 aliphatic heterocycles. The largest absolute Gasteiger partial charge is 0.416 e. The minimum absolute atomic E-state index is 0.0513. The number of nitrogens with one attached hydrogen (secondary N) is 2. The Labute approximate surface area is 208 Å². The van der Waals surface area contributed by atoms with Crippen LogP contribution in [0.1, 0.15) is 36.6 Å². The van der Waals surface area contributed by atoms with Crippen molar-refractivity contribution < 1.29 is 27.6 Å². The minimum atomic E-state index is -4.49. The van der Waals surface area contributed by atoms with Crippen LogP contribution in [0, 0.1) is 0 Å². The fourth-order valence-corrected chi connectivity index (χ4v) is 3.15. The highest BCUT2D eigenvalue weighted by molar-refractivity contribution is 6.31. The molecule has 0 atom stereocenters. The Morgan fingerprint density at radius 2 is 1.75 bits per heavy atom. The molecular weight excluding hydrogens is 497 g/mol. The second-order valence-electron chi connectivity index (χ2n) is 7.29. The Kier molecular flexibility index (Phi) is 8.23. The number of alkyl halides is 3. The van der Waals surface area contributed by atoms with Gasteiger partial charge in [0.15, 0.2) is 0 Å². The maximum absolute atomic E-state index is 12.8. The van der Waals surface area contributed by atoms with Crippen molar-refractivity contribution in [1.29, 1.82) is 0 Å². The minimum Gasteiger partial charge on any atom is -0.384 e. The van der Waals surface area contributed by atoms with E-state index >= 15 is 0 Å². The molecule has 0 saturated heterocycles.